The zero-order chi connectivity index (χ0) is 23.2. The first-order chi connectivity index (χ1) is 16.0. The van der Waals surface area contributed by atoms with E-state index in [1.807, 2.05) is 12.3 Å². The van der Waals surface area contributed by atoms with Crippen LogP contribution >= 0.6 is 11.3 Å². The molecule has 0 saturated carbocycles. The Labute approximate surface area is 195 Å². The molecule has 0 aliphatic rings. The molecule has 2 amide bonds. The molecule has 1 atom stereocenters. The summed E-state index contributed by atoms with van der Waals surface area (Å²) in [6, 6.07) is 15.3. The van der Waals surface area contributed by atoms with Crippen LogP contribution in [0.15, 0.2) is 72.4 Å². The number of hydrogen-bond acceptors (Lipinski definition) is 6. The maximum atomic E-state index is 12.8. The Balaban J connectivity index is 1.38. The molecule has 0 spiro atoms. The van der Waals surface area contributed by atoms with Crippen LogP contribution in [0.1, 0.15) is 34.0 Å². The predicted octanol–water partition coefficient (Wildman–Crippen LogP) is 4.68. The quantitative estimate of drug-likeness (QED) is 0.397. The van der Waals surface area contributed by atoms with Gasteiger partial charge in [0.05, 0.1) is 10.7 Å². The molecule has 0 aliphatic heterocycles. The number of aryl methyl sites for hydroxylation is 1. The van der Waals surface area contributed by atoms with Crippen molar-refractivity contribution in [1.82, 2.24) is 14.8 Å². The third kappa shape index (κ3) is 5.83. The van der Waals surface area contributed by atoms with Crippen molar-refractivity contribution in [2.45, 2.75) is 26.5 Å². The molecule has 0 saturated heterocycles. The number of nitrogens with one attached hydrogen (secondary N) is 2. The summed E-state index contributed by atoms with van der Waals surface area (Å²) in [7, 11) is 0. The first-order valence-corrected chi connectivity index (χ1v) is 11.2. The van der Waals surface area contributed by atoms with Crippen molar-refractivity contribution in [1.29, 1.82) is 0 Å². The van der Waals surface area contributed by atoms with Gasteiger partial charge in [0.1, 0.15) is 18.4 Å². The van der Waals surface area contributed by atoms with Gasteiger partial charge in [0.2, 0.25) is 5.91 Å². The summed E-state index contributed by atoms with van der Waals surface area (Å²) in [6.07, 6.45) is 3.36. The van der Waals surface area contributed by atoms with Crippen LogP contribution in [-0.2, 0) is 11.4 Å². The normalized spacial score (nSPS) is 11.6. The molecular formula is C24H23N5O3S. The van der Waals surface area contributed by atoms with E-state index in [-0.39, 0.29) is 11.8 Å². The molecular weight excluding hydrogens is 438 g/mol. The van der Waals surface area contributed by atoms with Gasteiger partial charge in [0.15, 0.2) is 0 Å². The minimum Gasteiger partial charge on any atom is -0.487 e. The number of ether oxygens (including phenoxy) is 1. The van der Waals surface area contributed by atoms with Crippen molar-refractivity contribution < 1.29 is 14.3 Å². The Bertz CT molecular complexity index is 1250. The lowest BCUT2D eigenvalue weighted by Gasteiger charge is -2.14. The minimum atomic E-state index is -0.464. The van der Waals surface area contributed by atoms with E-state index in [1.165, 1.54) is 0 Å². The smallest absolute Gasteiger partial charge is 0.255 e. The van der Waals surface area contributed by atoms with E-state index in [0.717, 1.165) is 10.7 Å². The lowest BCUT2D eigenvalue weighted by molar-refractivity contribution is -0.119. The Hall–Kier alpha value is -3.98. The second kappa shape index (κ2) is 10.1. The van der Waals surface area contributed by atoms with Crippen LogP contribution in [0.25, 0.3) is 0 Å². The largest absolute Gasteiger partial charge is 0.487 e. The molecule has 2 N–H and O–H groups in total. The average molecular weight is 462 g/mol. The molecule has 9 heteroatoms. The number of amides is 2. The van der Waals surface area contributed by atoms with Crippen LogP contribution in [0, 0.1) is 6.92 Å². The molecule has 4 aromatic rings. The molecule has 0 radical (unpaired) electrons. The monoisotopic (exact) mass is 461 g/mol. The van der Waals surface area contributed by atoms with Crippen LogP contribution in [0.2, 0.25) is 0 Å². The number of hydrogen-bond donors (Lipinski definition) is 2. The lowest BCUT2D eigenvalue weighted by Crippen LogP contribution is -2.24. The van der Waals surface area contributed by atoms with Crippen molar-refractivity contribution in [3.8, 4) is 5.75 Å². The van der Waals surface area contributed by atoms with E-state index in [4.69, 9.17) is 4.74 Å². The van der Waals surface area contributed by atoms with E-state index in [9.17, 15) is 9.59 Å². The summed E-state index contributed by atoms with van der Waals surface area (Å²) in [5.74, 6) is 0.0996. The summed E-state index contributed by atoms with van der Waals surface area (Å²) in [4.78, 5) is 29.6. The third-order valence-electron chi connectivity index (χ3n) is 4.84. The summed E-state index contributed by atoms with van der Waals surface area (Å²) in [6.45, 7) is 4.05. The first kappa shape index (κ1) is 22.2. The number of benzene rings is 2. The first-order valence-electron chi connectivity index (χ1n) is 10.3. The Morgan fingerprint density at radius 1 is 1.09 bits per heavy atom. The van der Waals surface area contributed by atoms with Crippen molar-refractivity contribution >= 4 is 34.5 Å². The number of carbonyl (C=O) groups excluding carboxylic acids is 2. The fourth-order valence-corrected chi connectivity index (χ4v) is 3.71. The summed E-state index contributed by atoms with van der Waals surface area (Å²) in [5.41, 5.74) is 2.46. The highest BCUT2D eigenvalue weighted by molar-refractivity contribution is 7.09. The van der Waals surface area contributed by atoms with E-state index in [1.54, 1.807) is 89.9 Å². The highest BCUT2D eigenvalue weighted by atomic mass is 32.1. The highest BCUT2D eigenvalue weighted by Gasteiger charge is 2.15. The molecule has 2 aromatic carbocycles. The molecule has 168 valence electrons. The fourth-order valence-electron chi connectivity index (χ4n) is 3.11. The number of aromatic nitrogens is 3. The molecule has 4 rings (SSSR count). The molecule has 0 fully saturated rings. The van der Waals surface area contributed by atoms with Gasteiger partial charge in [0, 0.05) is 34.7 Å². The average Bonchev–Trinajstić information content (AvgIpc) is 3.49. The fraction of sp³-hybridized carbons (Fsp3) is 0.167. The van der Waals surface area contributed by atoms with Gasteiger partial charge in [-0.3, -0.25) is 14.3 Å². The molecule has 1 unspecified atom stereocenters. The second-order valence-corrected chi connectivity index (χ2v) is 8.42. The highest BCUT2D eigenvalue weighted by Crippen LogP contribution is 2.20. The molecule has 8 nitrogen and oxygen atoms in total. The molecule has 0 bridgehead atoms. The van der Waals surface area contributed by atoms with E-state index in [2.05, 4.69) is 20.7 Å². The van der Waals surface area contributed by atoms with Gasteiger partial charge in [-0.05, 0) is 56.3 Å². The van der Waals surface area contributed by atoms with Crippen molar-refractivity contribution in [3.05, 3.63) is 88.6 Å². The number of nitrogens with zero attached hydrogens (tertiary/aromatic N) is 3. The van der Waals surface area contributed by atoms with Gasteiger partial charge in [-0.1, -0.05) is 12.1 Å². The molecule has 33 heavy (non-hydrogen) atoms. The van der Waals surface area contributed by atoms with E-state index < -0.39 is 6.04 Å². The van der Waals surface area contributed by atoms with Gasteiger partial charge in [-0.2, -0.15) is 5.10 Å². The lowest BCUT2D eigenvalue weighted by atomic mass is 10.2. The van der Waals surface area contributed by atoms with Crippen molar-refractivity contribution in [2.24, 2.45) is 0 Å². The maximum Gasteiger partial charge on any atom is 0.255 e. The third-order valence-corrected chi connectivity index (χ3v) is 5.66. The van der Waals surface area contributed by atoms with Crippen molar-refractivity contribution in [2.75, 3.05) is 10.6 Å². The zero-order valence-corrected chi connectivity index (χ0v) is 19.0. The van der Waals surface area contributed by atoms with Crippen LogP contribution in [0.4, 0.5) is 11.4 Å². The van der Waals surface area contributed by atoms with Crippen LogP contribution in [0.5, 0.6) is 5.75 Å². The SMILES string of the molecule is Cc1nc(COc2cccc(C(=O)Nc3cccc(NC(=O)C(C)n4cccn4)c3)c2)cs1. The standard InChI is InChI=1S/C24H23N5O3S/c1-16(29-11-5-10-25-29)23(30)27-19-7-4-8-20(13-19)28-24(31)18-6-3-9-22(12-18)32-14-21-15-33-17(2)26-21/h3-13,15-16H,14H2,1-2H3,(H,27,30)(H,28,31). The second-order valence-electron chi connectivity index (χ2n) is 7.36. The summed E-state index contributed by atoms with van der Waals surface area (Å²) >= 11 is 1.57. The van der Waals surface area contributed by atoms with Crippen molar-refractivity contribution in [3.63, 3.8) is 0 Å². The topological polar surface area (TPSA) is 98.1 Å². The number of anilines is 2. The number of rotatable bonds is 8. The zero-order valence-electron chi connectivity index (χ0n) is 18.2. The predicted molar refractivity (Wildman–Crippen MR) is 128 cm³/mol. The van der Waals surface area contributed by atoms with Crippen LogP contribution < -0.4 is 15.4 Å². The summed E-state index contributed by atoms with van der Waals surface area (Å²) in [5, 5.41) is 12.7. The van der Waals surface area contributed by atoms with Gasteiger partial charge in [0.25, 0.3) is 5.91 Å². The van der Waals surface area contributed by atoms with Gasteiger partial charge < -0.3 is 15.4 Å². The Kier molecular flexibility index (Phi) is 6.80. The van der Waals surface area contributed by atoms with Gasteiger partial charge >= 0.3 is 0 Å². The minimum absolute atomic E-state index is 0.206. The van der Waals surface area contributed by atoms with E-state index in [0.29, 0.717) is 29.3 Å². The van der Waals surface area contributed by atoms with Crippen LogP contribution in [0.3, 0.4) is 0 Å². The Morgan fingerprint density at radius 3 is 2.61 bits per heavy atom. The van der Waals surface area contributed by atoms with Crippen LogP contribution in [-0.4, -0.2) is 26.6 Å². The molecule has 0 aliphatic carbocycles. The van der Waals surface area contributed by atoms with Gasteiger partial charge in [-0.15, -0.1) is 11.3 Å². The Morgan fingerprint density at radius 2 is 1.88 bits per heavy atom. The van der Waals surface area contributed by atoms with Gasteiger partial charge in [-0.25, -0.2) is 4.98 Å². The number of thiazole rings is 1. The van der Waals surface area contributed by atoms with E-state index >= 15 is 0 Å². The molecule has 2 heterocycles. The summed E-state index contributed by atoms with van der Waals surface area (Å²) < 4.78 is 7.35. The maximum absolute atomic E-state index is 12.8. The molecule has 2 aromatic heterocycles. The number of carbonyl (C=O) groups is 2.